The first kappa shape index (κ1) is 23.3. The molecule has 0 saturated carbocycles. The number of carbonyl (C=O) groups excluding carboxylic acids is 1. The lowest BCUT2D eigenvalue weighted by Gasteiger charge is -2.08. The maximum Gasteiger partial charge on any atom is 0.270 e. The summed E-state index contributed by atoms with van der Waals surface area (Å²) in [7, 11) is -2.75. The first-order valence-electron chi connectivity index (χ1n) is 8.57. The Balaban J connectivity index is 1.74. The van der Waals surface area contributed by atoms with Gasteiger partial charge in [-0.25, -0.2) is 13.4 Å². The van der Waals surface area contributed by atoms with Gasteiger partial charge >= 0.3 is 0 Å². The zero-order valence-corrected chi connectivity index (χ0v) is 19.9. The topological polar surface area (TPSA) is 118 Å². The number of benzene rings is 2. The normalized spacial score (nSPS) is 11.2. The van der Waals surface area contributed by atoms with E-state index in [2.05, 4.69) is 31.2 Å². The van der Waals surface area contributed by atoms with Crippen LogP contribution in [0.15, 0.2) is 72.9 Å². The molecule has 0 atom stereocenters. The number of anilines is 1. The lowest BCUT2D eigenvalue weighted by molar-refractivity contribution is -0.113. The van der Waals surface area contributed by atoms with Crippen molar-refractivity contribution in [1.29, 1.82) is 0 Å². The average molecular weight is 545 g/mol. The molecule has 3 aromatic rings. The summed E-state index contributed by atoms with van der Waals surface area (Å²) in [5.74, 6) is -0.0471. The summed E-state index contributed by atoms with van der Waals surface area (Å²) in [6, 6.07) is 11.0. The minimum absolute atomic E-state index is 0.0372. The first-order chi connectivity index (χ1) is 14.7. The van der Waals surface area contributed by atoms with E-state index in [0.29, 0.717) is 11.4 Å². The van der Waals surface area contributed by atoms with Crippen LogP contribution < -0.4 is 15.6 Å². The molecule has 0 aliphatic heterocycles. The largest absolute Gasteiger partial charge is 0.495 e. The van der Waals surface area contributed by atoms with Crippen molar-refractivity contribution in [3.8, 4) is 5.75 Å². The summed E-state index contributed by atoms with van der Waals surface area (Å²) in [6.07, 6.45) is 0.959. The quantitative estimate of drug-likeness (QED) is 0.343. The van der Waals surface area contributed by atoms with Crippen LogP contribution in [0.5, 0.6) is 5.75 Å². The van der Waals surface area contributed by atoms with Gasteiger partial charge in [0.2, 0.25) is 15.7 Å². The number of para-hydroxylation sites is 1. The maximum absolute atomic E-state index is 12.8. The van der Waals surface area contributed by atoms with E-state index < -0.39 is 20.3 Å². The maximum atomic E-state index is 12.8. The Morgan fingerprint density at radius 3 is 2.68 bits per heavy atom. The van der Waals surface area contributed by atoms with Gasteiger partial charge in [-0.15, -0.1) is 0 Å². The van der Waals surface area contributed by atoms with Gasteiger partial charge < -0.3 is 15.0 Å². The second kappa shape index (κ2) is 9.86. The number of halogens is 2. The van der Waals surface area contributed by atoms with Crippen molar-refractivity contribution < 1.29 is 17.9 Å². The summed E-state index contributed by atoms with van der Waals surface area (Å²) in [5.41, 5.74) is -0.246. The lowest BCUT2D eigenvalue weighted by atomic mass is 10.3. The number of methoxy groups -OCH3 is 1. The van der Waals surface area contributed by atoms with Gasteiger partial charge in [-0.1, -0.05) is 35.5 Å². The third-order valence-electron chi connectivity index (χ3n) is 3.95. The third kappa shape index (κ3) is 5.48. The Hall–Kier alpha value is -2.34. The van der Waals surface area contributed by atoms with Gasteiger partial charge in [0.25, 0.3) is 5.56 Å². The molecule has 0 unspecified atom stereocenters. The Kier molecular flexibility index (Phi) is 7.42. The minimum Gasteiger partial charge on any atom is -0.495 e. The number of thioether (sulfide) groups is 1. The lowest BCUT2D eigenvalue weighted by Crippen LogP contribution is -2.20. The first-order valence-corrected chi connectivity index (χ1v) is 12.2. The Morgan fingerprint density at radius 1 is 1.29 bits per heavy atom. The zero-order chi connectivity index (χ0) is 22.6. The van der Waals surface area contributed by atoms with Gasteiger partial charge in [0.05, 0.1) is 34.7 Å². The highest BCUT2D eigenvalue weighted by atomic mass is 79.9. The molecule has 1 heterocycles. The van der Waals surface area contributed by atoms with Crippen molar-refractivity contribution in [3.05, 3.63) is 68.5 Å². The van der Waals surface area contributed by atoms with Crippen LogP contribution in [-0.2, 0) is 14.6 Å². The molecule has 8 nitrogen and oxygen atoms in total. The molecular formula is C19H15BrClN3O5S2. The molecule has 162 valence electrons. The molecule has 1 amide bonds. The molecule has 31 heavy (non-hydrogen) atoms. The molecule has 0 bridgehead atoms. The Morgan fingerprint density at radius 2 is 2.03 bits per heavy atom. The highest BCUT2D eigenvalue weighted by Gasteiger charge is 2.23. The summed E-state index contributed by atoms with van der Waals surface area (Å²) >= 11 is 10.3. The van der Waals surface area contributed by atoms with Crippen LogP contribution in [0, 0.1) is 0 Å². The molecule has 3 rings (SSSR count). The fourth-order valence-electron chi connectivity index (χ4n) is 2.46. The summed E-state index contributed by atoms with van der Waals surface area (Å²) < 4.78 is 31.3. The molecule has 0 aliphatic rings. The smallest absolute Gasteiger partial charge is 0.270 e. The van der Waals surface area contributed by atoms with Crippen LogP contribution >= 0.6 is 39.3 Å². The number of amides is 1. The van der Waals surface area contributed by atoms with E-state index in [-0.39, 0.29) is 26.7 Å². The second-order valence-corrected chi connectivity index (χ2v) is 10.1. The van der Waals surface area contributed by atoms with Crippen LogP contribution in [0.25, 0.3) is 0 Å². The van der Waals surface area contributed by atoms with E-state index in [1.807, 2.05) is 6.07 Å². The van der Waals surface area contributed by atoms with Crippen LogP contribution in [-0.4, -0.2) is 37.2 Å². The number of hydrogen-bond donors (Lipinski definition) is 2. The van der Waals surface area contributed by atoms with E-state index in [4.69, 9.17) is 16.3 Å². The van der Waals surface area contributed by atoms with E-state index in [9.17, 15) is 18.0 Å². The standard InChI is InChI=1S/C19H15BrClN3O5S2/c1-29-15-7-6-11(8-13(15)21)31(27,28)16-9-22-19(24-18(16)26)30-10-17(25)23-14-5-3-2-4-12(14)20/h2-9H,10H2,1H3,(H,23,25)(H,22,24,26). The Labute approximate surface area is 195 Å². The number of aromatic nitrogens is 2. The summed E-state index contributed by atoms with van der Waals surface area (Å²) in [4.78, 5) is 30.2. The summed E-state index contributed by atoms with van der Waals surface area (Å²) in [6.45, 7) is 0. The van der Waals surface area contributed by atoms with Gasteiger partial charge in [-0.05, 0) is 46.3 Å². The molecule has 0 saturated heterocycles. The predicted molar refractivity (Wildman–Crippen MR) is 122 cm³/mol. The number of H-pyrrole nitrogens is 1. The monoisotopic (exact) mass is 543 g/mol. The molecule has 2 aromatic carbocycles. The number of sulfone groups is 1. The SMILES string of the molecule is COc1ccc(S(=O)(=O)c2cnc(SCC(=O)Nc3ccccc3Br)[nH]c2=O)cc1Cl. The van der Waals surface area contributed by atoms with E-state index in [0.717, 1.165) is 22.4 Å². The number of hydrogen-bond acceptors (Lipinski definition) is 7. The number of nitrogens with one attached hydrogen (secondary N) is 2. The third-order valence-corrected chi connectivity index (χ3v) is 7.57. The van der Waals surface area contributed by atoms with Crippen molar-refractivity contribution in [2.45, 2.75) is 14.9 Å². The zero-order valence-electron chi connectivity index (χ0n) is 15.9. The van der Waals surface area contributed by atoms with Crippen molar-refractivity contribution in [1.82, 2.24) is 9.97 Å². The fourth-order valence-corrected chi connectivity index (χ4v) is 5.05. The van der Waals surface area contributed by atoms with Gasteiger partial charge in [0.15, 0.2) is 10.1 Å². The highest BCUT2D eigenvalue weighted by Crippen LogP contribution is 2.29. The minimum atomic E-state index is -4.15. The fraction of sp³-hybridized carbons (Fsp3) is 0.105. The van der Waals surface area contributed by atoms with E-state index in [1.54, 1.807) is 18.2 Å². The van der Waals surface area contributed by atoms with Gasteiger partial charge in [-0.3, -0.25) is 9.59 Å². The number of ether oxygens (including phenoxy) is 1. The van der Waals surface area contributed by atoms with E-state index >= 15 is 0 Å². The number of nitrogens with zero attached hydrogens (tertiary/aromatic N) is 1. The molecule has 0 aliphatic carbocycles. The van der Waals surface area contributed by atoms with Gasteiger partial charge in [0.1, 0.15) is 5.75 Å². The summed E-state index contributed by atoms with van der Waals surface area (Å²) in [5, 5.41) is 2.93. The van der Waals surface area contributed by atoms with Crippen molar-refractivity contribution >= 4 is 60.7 Å². The average Bonchev–Trinajstić information content (AvgIpc) is 2.73. The predicted octanol–water partition coefficient (Wildman–Crippen LogP) is 3.76. The highest BCUT2D eigenvalue weighted by molar-refractivity contribution is 9.10. The molecule has 0 spiro atoms. The van der Waals surface area contributed by atoms with Gasteiger partial charge in [0, 0.05) is 4.47 Å². The van der Waals surface area contributed by atoms with Gasteiger partial charge in [-0.2, -0.15) is 0 Å². The molecule has 0 radical (unpaired) electrons. The molecule has 0 fully saturated rings. The van der Waals surface area contributed by atoms with Crippen LogP contribution in [0.2, 0.25) is 5.02 Å². The molecule has 1 aromatic heterocycles. The van der Waals surface area contributed by atoms with Crippen LogP contribution in [0.3, 0.4) is 0 Å². The van der Waals surface area contributed by atoms with E-state index in [1.165, 1.54) is 25.3 Å². The number of rotatable bonds is 7. The number of carbonyl (C=O) groups is 1. The molecular weight excluding hydrogens is 530 g/mol. The van der Waals surface area contributed by atoms with Crippen LogP contribution in [0.1, 0.15) is 0 Å². The second-order valence-electron chi connectivity index (χ2n) is 6.00. The Bertz CT molecular complexity index is 1300. The van der Waals surface area contributed by atoms with Crippen molar-refractivity contribution in [2.24, 2.45) is 0 Å². The number of aromatic amines is 1. The molecule has 12 heteroatoms. The van der Waals surface area contributed by atoms with Crippen molar-refractivity contribution in [2.75, 3.05) is 18.2 Å². The van der Waals surface area contributed by atoms with Crippen molar-refractivity contribution in [3.63, 3.8) is 0 Å². The molecule has 2 N–H and O–H groups in total. The van der Waals surface area contributed by atoms with Crippen LogP contribution in [0.4, 0.5) is 5.69 Å².